The van der Waals surface area contributed by atoms with Gasteiger partial charge in [-0.15, -0.1) is 0 Å². The summed E-state index contributed by atoms with van der Waals surface area (Å²) >= 11 is 0. The Kier molecular flexibility index (Phi) is 3.13. The Morgan fingerprint density at radius 1 is 1.26 bits per heavy atom. The van der Waals surface area contributed by atoms with E-state index in [1.807, 2.05) is 24.4 Å². The largest absolute Gasteiger partial charge is 0.497 e. The minimum absolute atomic E-state index is 0.812. The van der Waals surface area contributed by atoms with E-state index < -0.39 is 0 Å². The second kappa shape index (κ2) is 4.93. The van der Waals surface area contributed by atoms with Crippen molar-refractivity contribution in [1.82, 2.24) is 14.9 Å². The van der Waals surface area contributed by atoms with E-state index in [1.165, 1.54) is 0 Å². The lowest BCUT2D eigenvalue weighted by Gasteiger charge is -2.18. The van der Waals surface area contributed by atoms with E-state index in [2.05, 4.69) is 14.9 Å². The minimum Gasteiger partial charge on any atom is -0.497 e. The van der Waals surface area contributed by atoms with Crippen LogP contribution in [0.15, 0.2) is 24.4 Å². The van der Waals surface area contributed by atoms with Crippen LogP contribution < -0.4 is 14.8 Å². The van der Waals surface area contributed by atoms with Crippen LogP contribution in [0.4, 0.5) is 0 Å². The fourth-order valence-corrected chi connectivity index (χ4v) is 2.42. The van der Waals surface area contributed by atoms with E-state index in [1.54, 1.807) is 14.2 Å². The molecule has 0 radical (unpaired) electrons. The van der Waals surface area contributed by atoms with Crippen LogP contribution in [0.5, 0.6) is 11.5 Å². The number of nitrogens with zero attached hydrogens (tertiary/aromatic N) is 2. The van der Waals surface area contributed by atoms with Crippen molar-refractivity contribution in [3.63, 3.8) is 0 Å². The maximum absolute atomic E-state index is 5.45. The fourth-order valence-electron chi connectivity index (χ4n) is 2.42. The van der Waals surface area contributed by atoms with Crippen LogP contribution in [0, 0.1) is 0 Å². The Labute approximate surface area is 112 Å². The SMILES string of the molecule is COc1ccc(OC)c(-c2cnc3n2CCNC3)c1. The first-order chi connectivity index (χ1) is 9.33. The van der Waals surface area contributed by atoms with Gasteiger partial charge in [-0.25, -0.2) is 4.98 Å². The van der Waals surface area contributed by atoms with E-state index in [0.29, 0.717) is 0 Å². The lowest BCUT2D eigenvalue weighted by atomic mass is 10.1. The van der Waals surface area contributed by atoms with Crippen LogP contribution in [-0.4, -0.2) is 30.3 Å². The topological polar surface area (TPSA) is 48.3 Å². The molecule has 0 fully saturated rings. The summed E-state index contributed by atoms with van der Waals surface area (Å²) in [6.07, 6.45) is 1.90. The summed E-state index contributed by atoms with van der Waals surface area (Å²) in [5.74, 6) is 2.72. The third-order valence-electron chi connectivity index (χ3n) is 3.42. The fraction of sp³-hybridized carbons (Fsp3) is 0.357. The van der Waals surface area contributed by atoms with Gasteiger partial charge in [-0.3, -0.25) is 0 Å². The van der Waals surface area contributed by atoms with E-state index >= 15 is 0 Å². The number of nitrogens with one attached hydrogen (secondary N) is 1. The predicted octanol–water partition coefficient (Wildman–Crippen LogP) is 1.67. The Bertz CT molecular complexity index is 592. The molecule has 1 aromatic heterocycles. The first-order valence-electron chi connectivity index (χ1n) is 6.31. The van der Waals surface area contributed by atoms with Gasteiger partial charge in [0.1, 0.15) is 17.3 Å². The van der Waals surface area contributed by atoms with E-state index in [-0.39, 0.29) is 0 Å². The zero-order chi connectivity index (χ0) is 13.2. The average molecular weight is 259 g/mol. The maximum Gasteiger partial charge on any atom is 0.128 e. The first-order valence-corrected chi connectivity index (χ1v) is 6.31. The van der Waals surface area contributed by atoms with Gasteiger partial charge >= 0.3 is 0 Å². The second-order valence-corrected chi connectivity index (χ2v) is 4.45. The summed E-state index contributed by atoms with van der Waals surface area (Å²) in [6, 6.07) is 5.82. The standard InChI is InChI=1S/C14H17N3O2/c1-18-10-3-4-13(19-2)11(7-10)12-8-16-14-9-15-5-6-17(12)14/h3-4,7-8,15H,5-6,9H2,1-2H3. The number of ether oxygens (including phenoxy) is 2. The van der Waals surface area contributed by atoms with Crippen LogP contribution >= 0.6 is 0 Å². The summed E-state index contributed by atoms with van der Waals surface area (Å²) in [4.78, 5) is 4.47. The highest BCUT2D eigenvalue weighted by Gasteiger charge is 2.17. The molecule has 0 saturated heterocycles. The van der Waals surface area contributed by atoms with Crippen molar-refractivity contribution < 1.29 is 9.47 Å². The summed E-state index contributed by atoms with van der Waals surface area (Å²) in [5.41, 5.74) is 2.09. The molecule has 3 rings (SSSR count). The quantitative estimate of drug-likeness (QED) is 0.911. The van der Waals surface area contributed by atoms with Crippen molar-refractivity contribution in [3.8, 4) is 22.8 Å². The van der Waals surface area contributed by atoms with Gasteiger partial charge in [0.2, 0.25) is 0 Å². The third-order valence-corrected chi connectivity index (χ3v) is 3.42. The van der Waals surface area contributed by atoms with Gasteiger partial charge in [0.05, 0.1) is 32.7 Å². The van der Waals surface area contributed by atoms with Crippen molar-refractivity contribution in [2.24, 2.45) is 0 Å². The molecule has 0 bridgehead atoms. The van der Waals surface area contributed by atoms with Crippen LogP contribution in [-0.2, 0) is 13.1 Å². The van der Waals surface area contributed by atoms with Gasteiger partial charge in [0.15, 0.2) is 0 Å². The number of imidazole rings is 1. The average Bonchev–Trinajstić information content (AvgIpc) is 2.90. The van der Waals surface area contributed by atoms with Crippen molar-refractivity contribution >= 4 is 0 Å². The van der Waals surface area contributed by atoms with Gasteiger partial charge in [0, 0.05) is 18.7 Å². The van der Waals surface area contributed by atoms with E-state index in [0.717, 1.165) is 48.2 Å². The van der Waals surface area contributed by atoms with Crippen LogP contribution in [0.2, 0.25) is 0 Å². The molecule has 0 amide bonds. The molecule has 100 valence electrons. The lowest BCUT2D eigenvalue weighted by Crippen LogP contribution is -2.28. The van der Waals surface area contributed by atoms with Gasteiger partial charge in [-0.05, 0) is 18.2 Å². The summed E-state index contributed by atoms with van der Waals surface area (Å²) in [5, 5.41) is 3.32. The van der Waals surface area contributed by atoms with E-state index in [4.69, 9.17) is 9.47 Å². The molecule has 0 spiro atoms. The highest BCUT2D eigenvalue weighted by Crippen LogP contribution is 2.34. The highest BCUT2D eigenvalue weighted by atomic mass is 16.5. The molecule has 5 heteroatoms. The molecule has 0 aliphatic carbocycles. The number of benzene rings is 1. The number of hydrogen-bond acceptors (Lipinski definition) is 4. The minimum atomic E-state index is 0.812. The number of hydrogen-bond donors (Lipinski definition) is 1. The first kappa shape index (κ1) is 12.0. The summed E-state index contributed by atoms with van der Waals surface area (Å²) in [7, 11) is 3.35. The predicted molar refractivity (Wildman–Crippen MR) is 72.5 cm³/mol. The molecule has 0 unspecified atom stereocenters. The number of fused-ring (bicyclic) bond motifs is 1. The number of aromatic nitrogens is 2. The van der Waals surface area contributed by atoms with Crippen LogP contribution in [0.1, 0.15) is 5.82 Å². The lowest BCUT2D eigenvalue weighted by molar-refractivity contribution is 0.404. The number of methoxy groups -OCH3 is 2. The molecule has 1 N–H and O–H groups in total. The number of rotatable bonds is 3. The van der Waals surface area contributed by atoms with Crippen molar-refractivity contribution in [2.45, 2.75) is 13.1 Å². The maximum atomic E-state index is 5.45. The van der Waals surface area contributed by atoms with Gasteiger partial charge in [0.25, 0.3) is 0 Å². The van der Waals surface area contributed by atoms with Crippen molar-refractivity contribution in [2.75, 3.05) is 20.8 Å². The molecular formula is C14H17N3O2. The molecular weight excluding hydrogens is 242 g/mol. The zero-order valence-electron chi connectivity index (χ0n) is 11.1. The Balaban J connectivity index is 2.12. The molecule has 2 aromatic rings. The van der Waals surface area contributed by atoms with Gasteiger partial charge in [-0.1, -0.05) is 0 Å². The molecule has 2 heterocycles. The smallest absolute Gasteiger partial charge is 0.128 e. The Hall–Kier alpha value is -2.01. The Morgan fingerprint density at radius 3 is 2.95 bits per heavy atom. The molecule has 5 nitrogen and oxygen atoms in total. The monoisotopic (exact) mass is 259 g/mol. The van der Waals surface area contributed by atoms with Crippen molar-refractivity contribution in [1.29, 1.82) is 0 Å². The molecule has 1 aliphatic heterocycles. The van der Waals surface area contributed by atoms with Crippen LogP contribution in [0.3, 0.4) is 0 Å². The van der Waals surface area contributed by atoms with E-state index in [9.17, 15) is 0 Å². The van der Waals surface area contributed by atoms with Gasteiger partial charge in [-0.2, -0.15) is 0 Å². The van der Waals surface area contributed by atoms with Gasteiger partial charge < -0.3 is 19.4 Å². The molecule has 0 atom stereocenters. The summed E-state index contributed by atoms with van der Waals surface area (Å²) < 4.78 is 13.0. The zero-order valence-corrected chi connectivity index (χ0v) is 11.1. The normalized spacial score (nSPS) is 14.0. The van der Waals surface area contributed by atoms with Crippen LogP contribution in [0.25, 0.3) is 11.3 Å². The second-order valence-electron chi connectivity index (χ2n) is 4.45. The molecule has 1 aromatic carbocycles. The molecule has 0 saturated carbocycles. The summed E-state index contributed by atoms with van der Waals surface area (Å²) in [6.45, 7) is 2.69. The van der Waals surface area contributed by atoms with Crippen molar-refractivity contribution in [3.05, 3.63) is 30.2 Å². The third kappa shape index (κ3) is 2.06. The Morgan fingerprint density at radius 2 is 2.16 bits per heavy atom. The molecule has 1 aliphatic rings. The molecule has 19 heavy (non-hydrogen) atoms. The highest BCUT2D eigenvalue weighted by molar-refractivity contribution is 5.69.